The molecule has 0 aromatic heterocycles. The van der Waals surface area contributed by atoms with Gasteiger partial charge in [0.25, 0.3) is 0 Å². The highest BCUT2D eigenvalue weighted by molar-refractivity contribution is 5.93. The molecule has 0 aliphatic heterocycles. The molecule has 0 bridgehead atoms. The molecule has 0 spiro atoms. The lowest BCUT2D eigenvalue weighted by Gasteiger charge is -2.24. The largest absolute Gasteiger partial charge is 0.467 e. The predicted octanol–water partition coefficient (Wildman–Crippen LogP) is 1.93. The Kier molecular flexibility index (Phi) is 15.5. The van der Waals surface area contributed by atoms with Crippen LogP contribution >= 0.6 is 0 Å². The molecule has 5 amide bonds. The van der Waals surface area contributed by atoms with Gasteiger partial charge in [-0.2, -0.15) is 0 Å². The van der Waals surface area contributed by atoms with E-state index in [9.17, 15) is 33.2 Å². The van der Waals surface area contributed by atoms with Gasteiger partial charge in [-0.3, -0.25) is 19.2 Å². The Hall–Kier alpha value is -5.01. The van der Waals surface area contributed by atoms with Crippen LogP contribution in [0.2, 0.25) is 0 Å². The van der Waals surface area contributed by atoms with Gasteiger partial charge < -0.3 is 36.1 Å². The first-order valence-electron chi connectivity index (χ1n) is 15.6. The summed E-state index contributed by atoms with van der Waals surface area (Å²) in [7, 11) is 1.22. The monoisotopic (exact) mass is 671 g/mol. The van der Waals surface area contributed by atoms with Crippen molar-refractivity contribution in [3.63, 3.8) is 0 Å². The molecular formula is C34H46FN5O8. The summed E-state index contributed by atoms with van der Waals surface area (Å²) in [6.07, 6.45) is -0.446. The second-order valence-electron chi connectivity index (χ2n) is 12.5. The SMILES string of the molecule is COC(=O)[C@H](CC(C)C)NC(=O)[C@H](Cc1ccccc1)NC(=O)CNC(=O)CNC(=O)[C@H](Cc1ccc(F)cc1)NC(=O)OC(C)(C)C. The maximum atomic E-state index is 13.4. The Morgan fingerprint density at radius 1 is 0.708 bits per heavy atom. The average molecular weight is 672 g/mol. The molecule has 0 unspecified atom stereocenters. The van der Waals surface area contributed by atoms with Gasteiger partial charge in [-0.15, -0.1) is 0 Å². The van der Waals surface area contributed by atoms with Gasteiger partial charge in [0.05, 0.1) is 20.2 Å². The van der Waals surface area contributed by atoms with Crippen LogP contribution in [0.25, 0.3) is 0 Å². The fourth-order valence-corrected chi connectivity index (χ4v) is 4.45. The van der Waals surface area contributed by atoms with E-state index in [0.29, 0.717) is 12.0 Å². The van der Waals surface area contributed by atoms with E-state index in [4.69, 9.17) is 9.47 Å². The van der Waals surface area contributed by atoms with Crippen LogP contribution in [0, 0.1) is 11.7 Å². The summed E-state index contributed by atoms with van der Waals surface area (Å²) in [5.41, 5.74) is 0.461. The molecule has 3 atom stereocenters. The minimum atomic E-state index is -1.16. The molecule has 13 nitrogen and oxygen atoms in total. The predicted molar refractivity (Wildman–Crippen MR) is 175 cm³/mol. The lowest BCUT2D eigenvalue weighted by atomic mass is 10.0. The number of benzene rings is 2. The Bertz CT molecular complexity index is 1400. The van der Waals surface area contributed by atoms with Gasteiger partial charge in [-0.1, -0.05) is 56.3 Å². The zero-order chi connectivity index (χ0) is 35.9. The molecule has 262 valence electrons. The third-order valence-electron chi connectivity index (χ3n) is 6.67. The van der Waals surface area contributed by atoms with Gasteiger partial charge in [-0.05, 0) is 56.4 Å². The molecule has 0 radical (unpaired) electrons. The number of methoxy groups -OCH3 is 1. The molecular weight excluding hydrogens is 625 g/mol. The van der Waals surface area contributed by atoms with Gasteiger partial charge in [0.2, 0.25) is 23.6 Å². The molecule has 2 rings (SSSR count). The number of amides is 5. The van der Waals surface area contributed by atoms with Crippen molar-refractivity contribution in [2.45, 2.75) is 77.6 Å². The van der Waals surface area contributed by atoms with Crippen LogP contribution < -0.4 is 26.6 Å². The number of nitrogens with one attached hydrogen (secondary N) is 5. The van der Waals surface area contributed by atoms with Crippen LogP contribution in [0.5, 0.6) is 0 Å². The molecule has 0 aliphatic rings. The number of carbonyl (C=O) groups excluding carboxylic acids is 6. The molecule has 0 saturated heterocycles. The fourth-order valence-electron chi connectivity index (χ4n) is 4.45. The molecule has 0 heterocycles. The maximum absolute atomic E-state index is 13.4. The van der Waals surface area contributed by atoms with Crippen LogP contribution in [-0.2, 0) is 46.3 Å². The average Bonchev–Trinajstić information content (AvgIpc) is 3.01. The van der Waals surface area contributed by atoms with Crippen molar-refractivity contribution in [2.75, 3.05) is 20.2 Å². The highest BCUT2D eigenvalue weighted by Gasteiger charge is 2.29. The van der Waals surface area contributed by atoms with Crippen molar-refractivity contribution in [1.82, 2.24) is 26.6 Å². The van der Waals surface area contributed by atoms with Crippen molar-refractivity contribution >= 4 is 35.7 Å². The van der Waals surface area contributed by atoms with Crippen molar-refractivity contribution in [2.24, 2.45) is 5.92 Å². The van der Waals surface area contributed by atoms with E-state index in [1.807, 2.05) is 13.8 Å². The lowest BCUT2D eigenvalue weighted by molar-refractivity contribution is -0.145. The molecule has 14 heteroatoms. The summed E-state index contributed by atoms with van der Waals surface area (Å²) in [6.45, 7) is 7.69. The van der Waals surface area contributed by atoms with Gasteiger partial charge >= 0.3 is 12.1 Å². The number of hydrogen-bond donors (Lipinski definition) is 5. The van der Waals surface area contributed by atoms with Crippen molar-refractivity contribution < 1.29 is 42.6 Å². The Morgan fingerprint density at radius 3 is 1.83 bits per heavy atom. The fraction of sp³-hybridized carbons (Fsp3) is 0.471. The van der Waals surface area contributed by atoms with Gasteiger partial charge in [0.15, 0.2) is 0 Å². The zero-order valence-corrected chi connectivity index (χ0v) is 28.2. The molecule has 2 aromatic carbocycles. The minimum absolute atomic E-state index is 0.0196. The third kappa shape index (κ3) is 15.1. The first kappa shape index (κ1) is 39.2. The quantitative estimate of drug-likeness (QED) is 0.168. The minimum Gasteiger partial charge on any atom is -0.467 e. The summed E-state index contributed by atoms with van der Waals surface area (Å²) >= 11 is 0. The normalized spacial score (nSPS) is 12.9. The van der Waals surface area contributed by atoms with Crippen LogP contribution in [-0.4, -0.2) is 79.6 Å². The first-order valence-corrected chi connectivity index (χ1v) is 15.6. The number of ether oxygens (including phenoxy) is 2. The smallest absolute Gasteiger partial charge is 0.408 e. The number of halogens is 1. The van der Waals surface area contributed by atoms with Crippen molar-refractivity contribution in [1.29, 1.82) is 0 Å². The van der Waals surface area contributed by atoms with Gasteiger partial charge in [0.1, 0.15) is 29.5 Å². The van der Waals surface area contributed by atoms with E-state index in [1.54, 1.807) is 51.1 Å². The van der Waals surface area contributed by atoms with E-state index in [-0.39, 0.29) is 18.8 Å². The zero-order valence-electron chi connectivity index (χ0n) is 28.2. The molecule has 0 saturated carbocycles. The van der Waals surface area contributed by atoms with E-state index < -0.39 is 78.3 Å². The Labute approximate surface area is 280 Å². The highest BCUT2D eigenvalue weighted by atomic mass is 19.1. The summed E-state index contributed by atoms with van der Waals surface area (Å²) in [6, 6.07) is 11.1. The van der Waals surface area contributed by atoms with E-state index >= 15 is 0 Å². The van der Waals surface area contributed by atoms with Gasteiger partial charge in [0, 0.05) is 12.8 Å². The van der Waals surface area contributed by atoms with Crippen LogP contribution in [0.1, 0.15) is 52.2 Å². The molecule has 2 aromatic rings. The van der Waals surface area contributed by atoms with Crippen LogP contribution in [0.15, 0.2) is 54.6 Å². The van der Waals surface area contributed by atoms with Crippen molar-refractivity contribution in [3.8, 4) is 0 Å². The van der Waals surface area contributed by atoms with E-state index in [1.165, 1.54) is 31.4 Å². The summed E-state index contributed by atoms with van der Waals surface area (Å²) in [4.78, 5) is 76.3. The number of esters is 1. The molecule has 0 fully saturated rings. The number of hydrogen-bond acceptors (Lipinski definition) is 8. The van der Waals surface area contributed by atoms with Crippen LogP contribution in [0.4, 0.5) is 9.18 Å². The first-order chi connectivity index (χ1) is 22.6. The second kappa shape index (κ2) is 19.0. The Balaban J connectivity index is 2.01. The topological polar surface area (TPSA) is 181 Å². The van der Waals surface area contributed by atoms with E-state index in [2.05, 4.69) is 26.6 Å². The van der Waals surface area contributed by atoms with E-state index in [0.717, 1.165) is 5.56 Å². The third-order valence-corrected chi connectivity index (χ3v) is 6.67. The number of alkyl carbamates (subject to hydrolysis) is 1. The Morgan fingerprint density at radius 2 is 1.27 bits per heavy atom. The summed E-state index contributed by atoms with van der Waals surface area (Å²) in [5, 5.41) is 12.5. The standard InChI is InChI=1S/C34H46FN5O8/c1-21(2)16-27(32(45)47-6)39-31(44)26(17-22-10-8-7-9-11-22)38-29(42)20-36-28(41)19-37-30(43)25(40-33(46)48-34(3,4)5)18-23-12-14-24(35)15-13-23/h7-15,21,25-27H,16-20H2,1-6H3,(H,36,41)(H,37,43)(H,38,42)(H,39,44)(H,40,46)/t25-,26-,27-/m0/s1. The number of carbonyl (C=O) groups is 6. The molecule has 48 heavy (non-hydrogen) atoms. The van der Waals surface area contributed by atoms with Crippen LogP contribution in [0.3, 0.4) is 0 Å². The van der Waals surface area contributed by atoms with Gasteiger partial charge in [-0.25, -0.2) is 14.0 Å². The number of rotatable bonds is 16. The second-order valence-corrected chi connectivity index (χ2v) is 12.5. The van der Waals surface area contributed by atoms with Crippen molar-refractivity contribution in [3.05, 3.63) is 71.5 Å². The molecule has 5 N–H and O–H groups in total. The maximum Gasteiger partial charge on any atom is 0.408 e. The highest BCUT2D eigenvalue weighted by Crippen LogP contribution is 2.11. The summed E-state index contributed by atoms with van der Waals surface area (Å²) in [5.74, 6) is -3.74. The molecule has 0 aliphatic carbocycles. The lowest BCUT2D eigenvalue weighted by Crippen LogP contribution is -2.54. The summed E-state index contributed by atoms with van der Waals surface area (Å²) < 4.78 is 23.4.